The van der Waals surface area contributed by atoms with Crippen LogP contribution < -0.4 is 5.32 Å². The topological polar surface area (TPSA) is 52.7 Å². The number of piperidine rings is 1. The summed E-state index contributed by atoms with van der Waals surface area (Å²) in [5.74, 6) is 0.0503. The molecule has 146 valence electrons. The standard InChI is InChI=1S/C22H31N3O2/c26-20(23-17-22(11-7-12-22)19-9-2-1-3-10-19)18-8-6-15-25(16-18)21(27)24-13-4-5-14-24/h1-3,9-10,18H,4-8,11-17H2,(H,23,26)/t18-/m1/s1. The molecule has 27 heavy (non-hydrogen) atoms. The van der Waals surface area contributed by atoms with Crippen molar-refractivity contribution in [2.75, 3.05) is 32.7 Å². The van der Waals surface area contributed by atoms with Crippen LogP contribution in [0.4, 0.5) is 4.79 Å². The van der Waals surface area contributed by atoms with Crippen molar-refractivity contribution in [1.82, 2.24) is 15.1 Å². The van der Waals surface area contributed by atoms with E-state index < -0.39 is 0 Å². The van der Waals surface area contributed by atoms with E-state index in [1.165, 1.54) is 12.0 Å². The van der Waals surface area contributed by atoms with Crippen LogP contribution in [0.1, 0.15) is 50.5 Å². The van der Waals surface area contributed by atoms with Crippen molar-refractivity contribution in [3.05, 3.63) is 35.9 Å². The second kappa shape index (κ2) is 7.91. The van der Waals surface area contributed by atoms with Crippen LogP contribution in [0.3, 0.4) is 0 Å². The summed E-state index contributed by atoms with van der Waals surface area (Å²) >= 11 is 0. The van der Waals surface area contributed by atoms with Crippen LogP contribution in [0, 0.1) is 5.92 Å². The summed E-state index contributed by atoms with van der Waals surface area (Å²) in [5, 5.41) is 3.23. The summed E-state index contributed by atoms with van der Waals surface area (Å²) < 4.78 is 0. The Bertz CT molecular complexity index is 665. The number of benzene rings is 1. The summed E-state index contributed by atoms with van der Waals surface area (Å²) in [7, 11) is 0. The van der Waals surface area contributed by atoms with Crippen molar-refractivity contribution in [1.29, 1.82) is 0 Å². The molecule has 3 amide bonds. The van der Waals surface area contributed by atoms with E-state index in [0.717, 1.165) is 58.2 Å². The van der Waals surface area contributed by atoms with Gasteiger partial charge in [-0.3, -0.25) is 4.79 Å². The number of likely N-dealkylation sites (tertiary alicyclic amines) is 2. The molecule has 2 aliphatic heterocycles. The Morgan fingerprint density at radius 1 is 0.963 bits per heavy atom. The second-order valence-electron chi connectivity index (χ2n) is 8.48. The van der Waals surface area contributed by atoms with E-state index in [1.54, 1.807) is 0 Å². The number of rotatable bonds is 4. The molecule has 0 radical (unpaired) electrons. The number of amides is 3. The Morgan fingerprint density at radius 2 is 1.67 bits per heavy atom. The van der Waals surface area contributed by atoms with E-state index in [0.29, 0.717) is 13.1 Å². The molecule has 5 heteroatoms. The third kappa shape index (κ3) is 3.83. The number of nitrogens with zero attached hydrogens (tertiary/aromatic N) is 2. The molecule has 1 saturated carbocycles. The van der Waals surface area contributed by atoms with Gasteiger partial charge in [0.2, 0.25) is 5.91 Å². The van der Waals surface area contributed by atoms with Gasteiger partial charge in [0.1, 0.15) is 0 Å². The molecular formula is C22H31N3O2. The molecule has 0 bridgehead atoms. The zero-order valence-corrected chi connectivity index (χ0v) is 16.2. The van der Waals surface area contributed by atoms with Gasteiger partial charge in [0.05, 0.1) is 5.92 Å². The van der Waals surface area contributed by atoms with Gasteiger partial charge in [-0.1, -0.05) is 36.8 Å². The highest BCUT2D eigenvalue weighted by Gasteiger charge is 2.39. The second-order valence-corrected chi connectivity index (χ2v) is 8.48. The highest BCUT2D eigenvalue weighted by atomic mass is 16.2. The van der Waals surface area contributed by atoms with E-state index >= 15 is 0 Å². The van der Waals surface area contributed by atoms with Gasteiger partial charge in [-0.05, 0) is 44.1 Å². The van der Waals surface area contributed by atoms with Crippen molar-refractivity contribution in [3.63, 3.8) is 0 Å². The van der Waals surface area contributed by atoms with Gasteiger partial charge in [-0.25, -0.2) is 4.79 Å². The number of carbonyl (C=O) groups is 2. The molecule has 3 fully saturated rings. The van der Waals surface area contributed by atoms with E-state index in [2.05, 4.69) is 29.6 Å². The molecule has 3 aliphatic rings. The van der Waals surface area contributed by atoms with E-state index in [-0.39, 0.29) is 23.3 Å². The van der Waals surface area contributed by atoms with Crippen LogP contribution in [-0.2, 0) is 10.2 Å². The lowest BCUT2D eigenvalue weighted by Crippen LogP contribution is -2.52. The molecule has 1 aliphatic carbocycles. The Labute approximate surface area is 162 Å². The minimum Gasteiger partial charge on any atom is -0.355 e. The lowest BCUT2D eigenvalue weighted by Gasteiger charge is -2.43. The van der Waals surface area contributed by atoms with E-state index in [1.807, 2.05) is 15.9 Å². The maximum atomic E-state index is 12.8. The van der Waals surface area contributed by atoms with Crippen LogP contribution in [-0.4, -0.2) is 54.5 Å². The van der Waals surface area contributed by atoms with Crippen molar-refractivity contribution in [3.8, 4) is 0 Å². The van der Waals surface area contributed by atoms with Crippen molar-refractivity contribution < 1.29 is 9.59 Å². The molecule has 1 atom stereocenters. The van der Waals surface area contributed by atoms with Crippen LogP contribution in [0.5, 0.6) is 0 Å². The van der Waals surface area contributed by atoms with Crippen molar-refractivity contribution >= 4 is 11.9 Å². The molecule has 4 rings (SSSR count). The first kappa shape index (κ1) is 18.3. The molecule has 5 nitrogen and oxygen atoms in total. The van der Waals surface area contributed by atoms with Gasteiger partial charge in [-0.15, -0.1) is 0 Å². The number of carbonyl (C=O) groups excluding carboxylic acids is 2. The minimum atomic E-state index is -0.0711. The molecule has 1 N–H and O–H groups in total. The Morgan fingerprint density at radius 3 is 2.33 bits per heavy atom. The largest absolute Gasteiger partial charge is 0.355 e. The lowest BCUT2D eigenvalue weighted by atomic mass is 9.64. The monoisotopic (exact) mass is 369 g/mol. The first-order valence-corrected chi connectivity index (χ1v) is 10.6. The maximum Gasteiger partial charge on any atom is 0.320 e. The Hall–Kier alpha value is -2.04. The number of nitrogens with one attached hydrogen (secondary N) is 1. The summed E-state index contributed by atoms with van der Waals surface area (Å²) in [4.78, 5) is 29.3. The summed E-state index contributed by atoms with van der Waals surface area (Å²) in [6.45, 7) is 3.80. The van der Waals surface area contributed by atoms with Gasteiger partial charge in [0, 0.05) is 38.1 Å². The fourth-order valence-electron chi connectivity index (χ4n) is 4.84. The van der Waals surface area contributed by atoms with Crippen molar-refractivity contribution in [2.45, 2.75) is 50.4 Å². The number of hydrogen-bond donors (Lipinski definition) is 1. The molecule has 0 spiro atoms. The van der Waals surface area contributed by atoms with Crippen LogP contribution in [0.25, 0.3) is 0 Å². The molecular weight excluding hydrogens is 338 g/mol. The third-order valence-corrected chi connectivity index (χ3v) is 6.74. The smallest absolute Gasteiger partial charge is 0.320 e. The van der Waals surface area contributed by atoms with Gasteiger partial charge >= 0.3 is 6.03 Å². The zero-order chi connectivity index (χ0) is 18.7. The highest BCUT2D eigenvalue weighted by Crippen LogP contribution is 2.43. The predicted molar refractivity (Wildman–Crippen MR) is 105 cm³/mol. The quantitative estimate of drug-likeness (QED) is 0.886. The minimum absolute atomic E-state index is 0.0711. The number of hydrogen-bond acceptors (Lipinski definition) is 2. The average molecular weight is 370 g/mol. The molecule has 2 saturated heterocycles. The normalized spacial score (nSPS) is 24.4. The molecule has 2 heterocycles. The van der Waals surface area contributed by atoms with Crippen LogP contribution in [0.15, 0.2) is 30.3 Å². The average Bonchev–Trinajstić information content (AvgIpc) is 3.22. The number of urea groups is 1. The van der Waals surface area contributed by atoms with Crippen LogP contribution >= 0.6 is 0 Å². The Kier molecular flexibility index (Phi) is 5.37. The van der Waals surface area contributed by atoms with Crippen molar-refractivity contribution in [2.24, 2.45) is 5.92 Å². The maximum absolute atomic E-state index is 12.8. The van der Waals surface area contributed by atoms with Crippen LogP contribution in [0.2, 0.25) is 0 Å². The van der Waals surface area contributed by atoms with Gasteiger partial charge in [-0.2, -0.15) is 0 Å². The fraction of sp³-hybridized carbons (Fsp3) is 0.636. The zero-order valence-electron chi connectivity index (χ0n) is 16.2. The Balaban J connectivity index is 1.33. The summed E-state index contributed by atoms with van der Waals surface area (Å²) in [6, 6.07) is 10.7. The fourth-order valence-corrected chi connectivity index (χ4v) is 4.84. The SMILES string of the molecule is O=C(NCC1(c2ccccc2)CCC1)[C@@H]1CCCN(C(=O)N2CCCC2)C1. The molecule has 0 unspecified atom stereocenters. The first-order chi connectivity index (χ1) is 13.2. The predicted octanol–water partition coefficient (Wildman–Crippen LogP) is 3.15. The summed E-state index contributed by atoms with van der Waals surface area (Å²) in [6.07, 6.45) is 7.51. The molecule has 1 aromatic rings. The molecule has 0 aromatic heterocycles. The van der Waals surface area contributed by atoms with Gasteiger partial charge in [0.25, 0.3) is 0 Å². The first-order valence-electron chi connectivity index (χ1n) is 10.6. The molecule has 1 aromatic carbocycles. The van der Waals surface area contributed by atoms with Gasteiger partial charge < -0.3 is 15.1 Å². The van der Waals surface area contributed by atoms with E-state index in [4.69, 9.17) is 0 Å². The van der Waals surface area contributed by atoms with Gasteiger partial charge in [0.15, 0.2) is 0 Å². The van der Waals surface area contributed by atoms with E-state index in [9.17, 15) is 9.59 Å². The summed E-state index contributed by atoms with van der Waals surface area (Å²) in [5.41, 5.74) is 1.45. The highest BCUT2D eigenvalue weighted by molar-refractivity contribution is 5.81. The third-order valence-electron chi connectivity index (χ3n) is 6.74. The lowest BCUT2D eigenvalue weighted by molar-refractivity contribution is -0.126.